The Morgan fingerprint density at radius 2 is 1.88 bits per heavy atom. The predicted molar refractivity (Wildman–Crippen MR) is 133 cm³/mol. The van der Waals surface area contributed by atoms with E-state index in [9.17, 15) is 9.59 Å². The lowest BCUT2D eigenvalue weighted by Gasteiger charge is -2.36. The van der Waals surface area contributed by atoms with Crippen LogP contribution in [0.3, 0.4) is 0 Å². The normalized spacial score (nSPS) is 23.5. The van der Waals surface area contributed by atoms with Gasteiger partial charge >= 0.3 is 5.97 Å². The van der Waals surface area contributed by atoms with Crippen LogP contribution in [-0.4, -0.2) is 24.1 Å². The number of thioether (sulfide) groups is 1. The molecule has 2 aromatic rings. The van der Waals surface area contributed by atoms with E-state index in [0.29, 0.717) is 12.0 Å². The summed E-state index contributed by atoms with van der Waals surface area (Å²) in [4.78, 5) is 29.4. The largest absolute Gasteiger partial charge is 0.459 e. The fourth-order valence-electron chi connectivity index (χ4n) is 5.39. The smallest absolute Gasteiger partial charge is 0.337 e. The van der Waals surface area contributed by atoms with Gasteiger partial charge in [0, 0.05) is 45.0 Å². The van der Waals surface area contributed by atoms with Gasteiger partial charge in [0.2, 0.25) is 0 Å². The van der Waals surface area contributed by atoms with Gasteiger partial charge in [-0.05, 0) is 74.4 Å². The summed E-state index contributed by atoms with van der Waals surface area (Å²) in [5.74, 6) is -0.365. The molecule has 2 atom stereocenters. The molecule has 0 saturated heterocycles. The summed E-state index contributed by atoms with van der Waals surface area (Å²) in [7, 11) is 0. The predicted octanol–water partition coefficient (Wildman–Crippen LogP) is 6.32. The van der Waals surface area contributed by atoms with Crippen molar-refractivity contribution in [1.29, 1.82) is 0 Å². The summed E-state index contributed by atoms with van der Waals surface area (Å²) in [5.41, 5.74) is 4.06. The number of carbonyl (C=O) groups is 2. The van der Waals surface area contributed by atoms with Gasteiger partial charge in [-0.3, -0.25) is 4.79 Å². The number of benzene rings is 1. The first-order chi connectivity index (χ1) is 16.0. The number of ketones is 1. The molecule has 1 saturated carbocycles. The second-order valence-corrected chi connectivity index (χ2v) is 11.0. The minimum atomic E-state index is -0.386. The molecule has 5 rings (SSSR count). The molecule has 4 nitrogen and oxygen atoms in total. The maximum absolute atomic E-state index is 13.6. The van der Waals surface area contributed by atoms with Gasteiger partial charge < -0.3 is 10.1 Å². The second-order valence-electron chi connectivity index (χ2n) is 9.12. The van der Waals surface area contributed by atoms with E-state index >= 15 is 0 Å². The average Bonchev–Trinajstić information content (AvgIpc) is 3.52. The first kappa shape index (κ1) is 22.5. The lowest BCUT2D eigenvalue weighted by atomic mass is 9.72. The van der Waals surface area contributed by atoms with E-state index in [-0.39, 0.29) is 29.7 Å². The van der Waals surface area contributed by atoms with E-state index in [4.69, 9.17) is 4.74 Å². The Bertz CT molecular complexity index is 1110. The van der Waals surface area contributed by atoms with Crippen LogP contribution < -0.4 is 5.32 Å². The first-order valence-electron chi connectivity index (χ1n) is 11.7. The highest BCUT2D eigenvalue weighted by atomic mass is 32.2. The van der Waals surface area contributed by atoms with Crippen molar-refractivity contribution in [1.82, 2.24) is 5.32 Å². The average molecular weight is 480 g/mol. The molecule has 0 spiro atoms. The van der Waals surface area contributed by atoms with Gasteiger partial charge in [0.25, 0.3) is 0 Å². The standard InChI is InChI=1S/C27H29NO3S2/c1-16-24(27(30)31-19-6-3-4-7-19)25(17-9-11-20(32-2)12-10-17)26-21(28-16)14-18(15-22(26)29)23-8-5-13-33-23/h5,8-13,18-19,25,28H,3-4,6-7,14-15H2,1-2H3. The topological polar surface area (TPSA) is 55.4 Å². The maximum Gasteiger partial charge on any atom is 0.337 e. The molecule has 3 aliphatic rings. The van der Waals surface area contributed by atoms with Gasteiger partial charge in [0.05, 0.1) is 5.57 Å². The lowest BCUT2D eigenvalue weighted by Crippen LogP contribution is -2.36. The number of esters is 1. The Kier molecular flexibility index (Phi) is 6.48. The molecule has 33 heavy (non-hydrogen) atoms. The number of rotatable bonds is 5. The summed E-state index contributed by atoms with van der Waals surface area (Å²) in [6, 6.07) is 12.4. The number of hydrogen-bond acceptors (Lipinski definition) is 6. The number of carbonyl (C=O) groups excluding carboxylic acids is 2. The van der Waals surface area contributed by atoms with Crippen LogP contribution in [-0.2, 0) is 14.3 Å². The summed E-state index contributed by atoms with van der Waals surface area (Å²) in [6.07, 6.45) is 7.34. The van der Waals surface area contributed by atoms with Gasteiger partial charge in [0.15, 0.2) is 5.78 Å². The zero-order valence-electron chi connectivity index (χ0n) is 19.1. The number of nitrogens with one attached hydrogen (secondary N) is 1. The lowest BCUT2D eigenvalue weighted by molar-refractivity contribution is -0.144. The van der Waals surface area contributed by atoms with Gasteiger partial charge in [-0.1, -0.05) is 18.2 Å². The van der Waals surface area contributed by atoms with E-state index in [1.54, 1.807) is 23.1 Å². The van der Waals surface area contributed by atoms with Crippen molar-refractivity contribution in [3.05, 3.63) is 74.8 Å². The number of thiophene rings is 1. The Labute approximate surface area is 203 Å². The minimum Gasteiger partial charge on any atom is -0.459 e. The van der Waals surface area contributed by atoms with Crippen molar-refractivity contribution in [2.24, 2.45) is 0 Å². The summed E-state index contributed by atoms with van der Waals surface area (Å²) >= 11 is 3.39. The van der Waals surface area contributed by atoms with Crippen molar-refractivity contribution < 1.29 is 14.3 Å². The summed E-state index contributed by atoms with van der Waals surface area (Å²) in [5, 5.41) is 5.52. The molecule has 2 unspecified atom stereocenters. The molecule has 0 bridgehead atoms. The van der Waals surface area contributed by atoms with Crippen molar-refractivity contribution in [2.75, 3.05) is 6.26 Å². The Hall–Kier alpha value is -2.31. The highest BCUT2D eigenvalue weighted by Crippen LogP contribution is 2.46. The number of dihydropyridines is 1. The third-order valence-corrected chi connectivity index (χ3v) is 8.80. The van der Waals surface area contributed by atoms with Crippen LogP contribution in [0.5, 0.6) is 0 Å². The zero-order chi connectivity index (χ0) is 22.9. The number of hydrogen-bond donors (Lipinski definition) is 1. The molecule has 6 heteroatoms. The molecule has 1 aliphatic heterocycles. The molecular weight excluding hydrogens is 450 g/mol. The molecule has 0 amide bonds. The van der Waals surface area contributed by atoms with Crippen LogP contribution >= 0.6 is 23.1 Å². The molecule has 1 N–H and O–H groups in total. The van der Waals surface area contributed by atoms with E-state index in [2.05, 4.69) is 41.0 Å². The van der Waals surface area contributed by atoms with E-state index in [1.165, 1.54) is 4.88 Å². The Morgan fingerprint density at radius 1 is 1.12 bits per heavy atom. The van der Waals surface area contributed by atoms with Gasteiger partial charge in [0.1, 0.15) is 6.10 Å². The monoisotopic (exact) mass is 479 g/mol. The van der Waals surface area contributed by atoms with Crippen molar-refractivity contribution in [3.63, 3.8) is 0 Å². The first-order valence-corrected chi connectivity index (χ1v) is 13.8. The zero-order valence-corrected chi connectivity index (χ0v) is 20.7. The third kappa shape index (κ3) is 4.43. The Balaban J connectivity index is 1.54. The number of allylic oxidation sites excluding steroid dienone is 3. The van der Waals surface area contributed by atoms with Gasteiger partial charge in [-0.2, -0.15) is 0 Å². The quantitative estimate of drug-likeness (QED) is 0.402. The van der Waals surface area contributed by atoms with Crippen LogP contribution in [0.4, 0.5) is 0 Å². The molecular formula is C27H29NO3S2. The highest BCUT2D eigenvalue weighted by molar-refractivity contribution is 7.98. The molecule has 1 aromatic heterocycles. The van der Waals surface area contributed by atoms with Crippen molar-refractivity contribution in [2.45, 2.75) is 68.3 Å². The van der Waals surface area contributed by atoms with Gasteiger partial charge in [-0.15, -0.1) is 23.1 Å². The van der Waals surface area contributed by atoms with Crippen molar-refractivity contribution >= 4 is 34.9 Å². The van der Waals surface area contributed by atoms with E-state index in [0.717, 1.165) is 59.5 Å². The molecule has 2 aliphatic carbocycles. The van der Waals surface area contributed by atoms with E-state index in [1.807, 2.05) is 19.2 Å². The summed E-state index contributed by atoms with van der Waals surface area (Å²) < 4.78 is 5.94. The fraction of sp³-hybridized carbons (Fsp3) is 0.407. The van der Waals surface area contributed by atoms with Gasteiger partial charge in [-0.25, -0.2) is 4.79 Å². The van der Waals surface area contributed by atoms with Crippen LogP contribution in [0.1, 0.15) is 67.7 Å². The highest BCUT2D eigenvalue weighted by Gasteiger charge is 2.42. The maximum atomic E-state index is 13.6. The minimum absolute atomic E-state index is 0.0158. The third-order valence-electron chi connectivity index (χ3n) is 7.02. The SMILES string of the molecule is CSc1ccc(C2C(C(=O)OC3CCCC3)=C(C)NC3=C2C(=O)CC(c2cccs2)C3)cc1. The van der Waals surface area contributed by atoms with Crippen LogP contribution in [0, 0.1) is 0 Å². The number of ether oxygens (including phenoxy) is 1. The summed E-state index contributed by atoms with van der Waals surface area (Å²) in [6.45, 7) is 1.94. The number of Topliss-reactive ketones (excluding diaryl/α,β-unsaturated/α-hetero) is 1. The fourth-order valence-corrected chi connectivity index (χ4v) is 6.62. The molecule has 1 aromatic carbocycles. The van der Waals surface area contributed by atoms with E-state index < -0.39 is 0 Å². The molecule has 1 fully saturated rings. The van der Waals surface area contributed by atoms with Crippen molar-refractivity contribution in [3.8, 4) is 0 Å². The molecule has 2 heterocycles. The molecule has 0 radical (unpaired) electrons. The van der Waals surface area contributed by atoms with Crippen LogP contribution in [0.2, 0.25) is 0 Å². The Morgan fingerprint density at radius 3 is 2.55 bits per heavy atom. The second kappa shape index (κ2) is 9.51. The van der Waals surface area contributed by atoms with Crippen LogP contribution in [0.15, 0.2) is 69.2 Å². The molecule has 172 valence electrons. The van der Waals surface area contributed by atoms with Crippen LogP contribution in [0.25, 0.3) is 0 Å².